The van der Waals surface area contributed by atoms with Gasteiger partial charge in [0.05, 0.1) is 0 Å². The number of carbonyl (C=O) groups is 2. The van der Waals surface area contributed by atoms with Gasteiger partial charge >= 0.3 is 0 Å². The fourth-order valence-corrected chi connectivity index (χ4v) is 2.17. The Bertz CT molecular complexity index is 866. The molecule has 1 heterocycles. The largest absolute Gasteiger partial charge is 0.339 e. The predicted octanol–water partition coefficient (Wildman–Crippen LogP) is 1.10. The van der Waals surface area contributed by atoms with Crippen LogP contribution in [0.4, 0.5) is 0 Å². The van der Waals surface area contributed by atoms with Crippen molar-refractivity contribution in [3.63, 3.8) is 0 Å². The van der Waals surface area contributed by atoms with Gasteiger partial charge < -0.3 is 11.1 Å². The van der Waals surface area contributed by atoms with E-state index in [9.17, 15) is 9.59 Å². The van der Waals surface area contributed by atoms with E-state index in [1.54, 1.807) is 49.7 Å². The summed E-state index contributed by atoms with van der Waals surface area (Å²) in [6, 6.07) is 8.70. The van der Waals surface area contributed by atoms with Crippen molar-refractivity contribution in [2.24, 2.45) is 5.73 Å². The van der Waals surface area contributed by atoms with Gasteiger partial charge in [0.1, 0.15) is 6.04 Å². The summed E-state index contributed by atoms with van der Waals surface area (Å²) in [5, 5.41) is 11.2. The van der Waals surface area contributed by atoms with Crippen molar-refractivity contribution in [2.45, 2.75) is 19.0 Å². The molecule has 2 atom stereocenters. The lowest BCUT2D eigenvalue weighted by Crippen LogP contribution is -2.54. The maximum Gasteiger partial charge on any atom is 0.267 e. The second-order valence-electron chi connectivity index (χ2n) is 5.75. The third-order valence-corrected chi connectivity index (χ3v) is 3.63. The molecule has 0 aliphatic rings. The zero-order valence-electron chi connectivity index (χ0n) is 14.7. The summed E-state index contributed by atoms with van der Waals surface area (Å²) < 4.78 is 0. The van der Waals surface area contributed by atoms with Gasteiger partial charge in [-0.25, -0.2) is 5.48 Å². The van der Waals surface area contributed by atoms with Crippen LogP contribution in [-0.2, 0) is 4.79 Å². The van der Waals surface area contributed by atoms with Crippen molar-refractivity contribution in [2.75, 3.05) is 0 Å². The van der Waals surface area contributed by atoms with Gasteiger partial charge in [-0.15, -0.1) is 0 Å². The van der Waals surface area contributed by atoms with Gasteiger partial charge in [0.15, 0.2) is 0 Å². The average molecular weight is 364 g/mol. The highest BCUT2D eigenvalue weighted by Crippen LogP contribution is 2.07. The number of hydrogen-bond acceptors (Lipinski definition) is 5. The molecule has 1 aromatic heterocycles. The van der Waals surface area contributed by atoms with E-state index in [0.717, 1.165) is 11.1 Å². The van der Waals surface area contributed by atoms with Crippen LogP contribution in [-0.4, -0.2) is 34.1 Å². The summed E-state index contributed by atoms with van der Waals surface area (Å²) in [6.07, 6.45) is 6.89. The van der Waals surface area contributed by atoms with Crippen molar-refractivity contribution in [1.82, 2.24) is 15.8 Å². The summed E-state index contributed by atoms with van der Waals surface area (Å²) in [6.45, 7) is 1.56. The summed E-state index contributed by atoms with van der Waals surface area (Å²) in [5.74, 6) is 4.67. The van der Waals surface area contributed by atoms with Crippen LogP contribution in [0.1, 0.15) is 28.4 Å². The van der Waals surface area contributed by atoms with Crippen LogP contribution in [0.2, 0.25) is 0 Å². The molecule has 0 unspecified atom stereocenters. The van der Waals surface area contributed by atoms with Crippen LogP contribution >= 0.6 is 0 Å². The lowest BCUT2D eigenvalue weighted by atomic mass is 10.1. The molecule has 5 N–H and O–H groups in total. The summed E-state index contributed by atoms with van der Waals surface area (Å²) >= 11 is 0. The Kier molecular flexibility index (Phi) is 7.26. The van der Waals surface area contributed by atoms with E-state index in [1.807, 2.05) is 18.2 Å². The number of nitrogens with one attached hydrogen (secondary N) is 2. The number of pyridine rings is 1. The summed E-state index contributed by atoms with van der Waals surface area (Å²) in [7, 11) is 0. The number of nitrogens with zero attached hydrogens (tertiary/aromatic N) is 1. The fraction of sp³-hybridized carbons (Fsp3) is 0.150. The van der Waals surface area contributed by atoms with Gasteiger partial charge in [-0.1, -0.05) is 24.0 Å². The Balaban J connectivity index is 2.00. The van der Waals surface area contributed by atoms with Crippen molar-refractivity contribution in [1.29, 1.82) is 0 Å². The van der Waals surface area contributed by atoms with Crippen molar-refractivity contribution < 1.29 is 14.8 Å². The molecule has 1 aromatic carbocycles. The van der Waals surface area contributed by atoms with Crippen molar-refractivity contribution >= 4 is 17.9 Å². The highest BCUT2D eigenvalue weighted by atomic mass is 16.5. The SMILES string of the molecule is C[C@@H](N)[C@H](NC(=O)c1ccc(C=CC#Cc2ccncc2)cc1)C(=O)NO. The smallest absolute Gasteiger partial charge is 0.267 e. The van der Waals surface area contributed by atoms with Gasteiger partial charge in [0.2, 0.25) is 0 Å². The normalized spacial score (nSPS) is 12.6. The highest BCUT2D eigenvalue weighted by molar-refractivity contribution is 5.97. The molecule has 138 valence electrons. The minimum absolute atomic E-state index is 0.367. The number of hydrogen-bond donors (Lipinski definition) is 4. The van der Waals surface area contributed by atoms with E-state index in [1.165, 1.54) is 5.48 Å². The molecule has 0 saturated carbocycles. The maximum absolute atomic E-state index is 12.2. The molecule has 2 rings (SSSR count). The number of nitrogens with two attached hydrogens (primary N) is 1. The van der Waals surface area contributed by atoms with E-state index in [2.05, 4.69) is 22.1 Å². The van der Waals surface area contributed by atoms with Crippen LogP contribution in [0.5, 0.6) is 0 Å². The molecular weight excluding hydrogens is 344 g/mol. The van der Waals surface area contributed by atoms with Crippen LogP contribution in [0.25, 0.3) is 6.08 Å². The molecule has 0 fully saturated rings. The van der Waals surface area contributed by atoms with E-state index in [0.29, 0.717) is 5.56 Å². The van der Waals surface area contributed by atoms with E-state index < -0.39 is 23.9 Å². The number of aromatic nitrogens is 1. The molecule has 0 aliphatic carbocycles. The third kappa shape index (κ3) is 6.08. The summed E-state index contributed by atoms with van der Waals surface area (Å²) in [5.41, 5.74) is 9.26. The second-order valence-corrected chi connectivity index (χ2v) is 5.75. The fourth-order valence-electron chi connectivity index (χ4n) is 2.17. The first-order chi connectivity index (χ1) is 13.0. The van der Waals surface area contributed by atoms with Gasteiger partial charge in [-0.2, -0.15) is 0 Å². The van der Waals surface area contributed by atoms with Crippen molar-refractivity contribution in [3.05, 3.63) is 71.6 Å². The molecule has 2 amide bonds. The number of allylic oxidation sites excluding steroid dienone is 1. The van der Waals surface area contributed by atoms with Crippen LogP contribution in [0, 0.1) is 11.8 Å². The van der Waals surface area contributed by atoms with E-state index >= 15 is 0 Å². The quantitative estimate of drug-likeness (QED) is 0.360. The lowest BCUT2D eigenvalue weighted by Gasteiger charge is -2.20. The molecule has 7 heteroatoms. The Hall–Kier alpha value is -3.47. The molecule has 0 radical (unpaired) electrons. The molecule has 0 spiro atoms. The van der Waals surface area contributed by atoms with Gasteiger partial charge in [-0.3, -0.25) is 19.8 Å². The minimum atomic E-state index is -1.04. The Morgan fingerprint density at radius 3 is 2.44 bits per heavy atom. The first-order valence-electron chi connectivity index (χ1n) is 8.20. The molecule has 7 nitrogen and oxygen atoms in total. The first kappa shape index (κ1) is 19.8. The Morgan fingerprint density at radius 2 is 1.85 bits per heavy atom. The predicted molar refractivity (Wildman–Crippen MR) is 101 cm³/mol. The zero-order chi connectivity index (χ0) is 19.6. The number of rotatable bonds is 5. The van der Waals surface area contributed by atoms with Gasteiger partial charge in [0, 0.05) is 29.6 Å². The molecule has 2 aromatic rings. The molecule has 27 heavy (non-hydrogen) atoms. The van der Waals surface area contributed by atoms with Crippen LogP contribution in [0.3, 0.4) is 0 Å². The molecular formula is C20H20N4O3. The zero-order valence-corrected chi connectivity index (χ0v) is 14.7. The lowest BCUT2D eigenvalue weighted by molar-refractivity contribution is -0.131. The summed E-state index contributed by atoms with van der Waals surface area (Å²) in [4.78, 5) is 27.7. The second kappa shape index (κ2) is 9.87. The molecule has 0 aliphatic heterocycles. The first-order valence-corrected chi connectivity index (χ1v) is 8.20. The van der Waals surface area contributed by atoms with E-state index in [4.69, 9.17) is 10.9 Å². The number of carbonyl (C=O) groups excluding carboxylic acids is 2. The Morgan fingerprint density at radius 1 is 1.19 bits per heavy atom. The standard InChI is InChI=1S/C20H20N4O3/c1-14(21)18(20(26)24-27)23-19(25)17-8-6-15(7-9-17)4-2-3-5-16-10-12-22-13-11-16/h2,4,6-14,18,27H,21H2,1H3,(H,23,25)(H,24,26)/t14-,18+/m1/s1. The highest BCUT2D eigenvalue weighted by Gasteiger charge is 2.24. The Labute approximate surface area is 157 Å². The molecule has 0 bridgehead atoms. The van der Waals surface area contributed by atoms with Crippen LogP contribution < -0.4 is 16.5 Å². The monoisotopic (exact) mass is 364 g/mol. The van der Waals surface area contributed by atoms with Crippen LogP contribution in [0.15, 0.2) is 54.9 Å². The van der Waals surface area contributed by atoms with E-state index in [-0.39, 0.29) is 0 Å². The third-order valence-electron chi connectivity index (χ3n) is 3.63. The topological polar surface area (TPSA) is 117 Å². The molecule has 0 saturated heterocycles. The number of hydroxylamine groups is 1. The minimum Gasteiger partial charge on any atom is -0.339 e. The number of benzene rings is 1. The van der Waals surface area contributed by atoms with Gasteiger partial charge in [0.25, 0.3) is 11.8 Å². The van der Waals surface area contributed by atoms with Crippen molar-refractivity contribution in [3.8, 4) is 11.8 Å². The maximum atomic E-state index is 12.2. The van der Waals surface area contributed by atoms with Gasteiger partial charge in [-0.05, 0) is 48.9 Å². The average Bonchev–Trinajstić information content (AvgIpc) is 2.69. The number of amides is 2.